The van der Waals surface area contributed by atoms with Gasteiger partial charge in [0.1, 0.15) is 6.54 Å². The lowest BCUT2D eigenvalue weighted by atomic mass is 10.0. The molecule has 0 fully saturated rings. The highest BCUT2D eigenvalue weighted by Gasteiger charge is 2.25. The zero-order valence-electron chi connectivity index (χ0n) is 15.3. The van der Waals surface area contributed by atoms with Gasteiger partial charge in [-0.05, 0) is 35.7 Å². The van der Waals surface area contributed by atoms with E-state index in [0.717, 1.165) is 22.5 Å². The summed E-state index contributed by atoms with van der Waals surface area (Å²) in [6, 6.07) is 15.0. The van der Waals surface area contributed by atoms with Gasteiger partial charge < -0.3 is 10.2 Å². The number of anilines is 2. The molecule has 3 amide bonds. The SMILES string of the molecule is O=C1CCC(c2ccc(NC(=O)CN3C(=O)CCc4ccccc43)cc2)=NN1. The van der Waals surface area contributed by atoms with Crippen molar-refractivity contribution < 1.29 is 14.4 Å². The first kappa shape index (κ1) is 17.9. The number of hydrogen-bond donors (Lipinski definition) is 2. The van der Waals surface area contributed by atoms with E-state index in [1.54, 1.807) is 17.0 Å². The zero-order valence-corrected chi connectivity index (χ0v) is 15.3. The molecule has 0 atom stereocenters. The summed E-state index contributed by atoms with van der Waals surface area (Å²) in [5.41, 5.74) is 6.73. The molecule has 142 valence electrons. The topological polar surface area (TPSA) is 90.9 Å². The Morgan fingerprint density at radius 2 is 1.79 bits per heavy atom. The summed E-state index contributed by atoms with van der Waals surface area (Å²) in [4.78, 5) is 37.5. The molecule has 2 heterocycles. The quantitative estimate of drug-likeness (QED) is 0.857. The number of amides is 3. The van der Waals surface area contributed by atoms with Gasteiger partial charge in [-0.3, -0.25) is 14.4 Å². The highest BCUT2D eigenvalue weighted by atomic mass is 16.2. The van der Waals surface area contributed by atoms with E-state index in [0.29, 0.717) is 31.4 Å². The predicted octanol–water partition coefficient (Wildman–Crippen LogP) is 2.22. The number of fused-ring (bicyclic) bond motifs is 1. The van der Waals surface area contributed by atoms with E-state index in [1.165, 1.54) is 0 Å². The third-order valence-corrected chi connectivity index (χ3v) is 4.90. The van der Waals surface area contributed by atoms with Gasteiger partial charge in [0.2, 0.25) is 17.7 Å². The van der Waals surface area contributed by atoms with Crippen LogP contribution in [0.15, 0.2) is 53.6 Å². The van der Waals surface area contributed by atoms with Crippen LogP contribution in [-0.4, -0.2) is 30.0 Å². The monoisotopic (exact) mass is 376 g/mol. The number of rotatable bonds is 4. The summed E-state index contributed by atoms with van der Waals surface area (Å²) in [5.74, 6) is -0.372. The van der Waals surface area contributed by atoms with E-state index in [4.69, 9.17) is 0 Å². The van der Waals surface area contributed by atoms with E-state index in [2.05, 4.69) is 15.8 Å². The third kappa shape index (κ3) is 3.78. The minimum absolute atomic E-state index is 0.0175. The standard InChI is InChI=1S/C21H20N4O3/c26-19-11-10-17(23-24-19)14-5-8-16(9-6-14)22-20(27)13-25-18-4-2-1-3-15(18)7-12-21(25)28/h1-6,8-9H,7,10-13H2,(H,22,27)(H,24,26). The molecule has 2 N–H and O–H groups in total. The van der Waals surface area contributed by atoms with Crippen molar-refractivity contribution in [2.45, 2.75) is 25.7 Å². The van der Waals surface area contributed by atoms with Crippen molar-refractivity contribution >= 4 is 34.8 Å². The highest BCUT2D eigenvalue weighted by molar-refractivity contribution is 6.06. The van der Waals surface area contributed by atoms with Gasteiger partial charge in [0, 0.05) is 30.6 Å². The molecule has 0 bridgehead atoms. The van der Waals surface area contributed by atoms with Gasteiger partial charge in [0.25, 0.3) is 0 Å². The smallest absolute Gasteiger partial charge is 0.244 e. The lowest BCUT2D eigenvalue weighted by molar-refractivity contribution is -0.122. The second-order valence-corrected chi connectivity index (χ2v) is 6.83. The molecule has 7 nitrogen and oxygen atoms in total. The van der Waals surface area contributed by atoms with Crippen molar-refractivity contribution in [2.75, 3.05) is 16.8 Å². The summed E-state index contributed by atoms with van der Waals surface area (Å²) >= 11 is 0. The van der Waals surface area contributed by atoms with Crippen LogP contribution in [0.25, 0.3) is 0 Å². The molecule has 2 aromatic carbocycles. The van der Waals surface area contributed by atoms with Crippen molar-refractivity contribution in [3.8, 4) is 0 Å². The van der Waals surface area contributed by atoms with Gasteiger partial charge in [-0.1, -0.05) is 30.3 Å². The largest absolute Gasteiger partial charge is 0.325 e. The summed E-state index contributed by atoms with van der Waals surface area (Å²) in [5, 5.41) is 6.90. The number of carbonyl (C=O) groups excluding carboxylic acids is 3. The first-order valence-corrected chi connectivity index (χ1v) is 9.24. The van der Waals surface area contributed by atoms with Gasteiger partial charge in [-0.25, -0.2) is 5.43 Å². The van der Waals surface area contributed by atoms with Gasteiger partial charge in [-0.15, -0.1) is 0 Å². The van der Waals surface area contributed by atoms with Gasteiger partial charge in [0.05, 0.1) is 5.71 Å². The molecule has 0 aromatic heterocycles. The number of hydrazone groups is 1. The number of aryl methyl sites for hydroxylation is 1. The van der Waals surface area contributed by atoms with E-state index >= 15 is 0 Å². The molecule has 0 spiro atoms. The van der Waals surface area contributed by atoms with Crippen molar-refractivity contribution in [3.05, 3.63) is 59.7 Å². The van der Waals surface area contributed by atoms with Crippen LogP contribution in [0, 0.1) is 0 Å². The van der Waals surface area contributed by atoms with Crippen LogP contribution in [0.1, 0.15) is 30.4 Å². The van der Waals surface area contributed by atoms with Crippen molar-refractivity contribution in [2.24, 2.45) is 5.10 Å². The fraction of sp³-hybridized carbons (Fsp3) is 0.238. The average Bonchev–Trinajstić information content (AvgIpc) is 2.71. The van der Waals surface area contributed by atoms with Gasteiger partial charge in [-0.2, -0.15) is 5.10 Å². The number of nitrogens with one attached hydrogen (secondary N) is 2. The second kappa shape index (κ2) is 7.64. The lowest BCUT2D eigenvalue weighted by Gasteiger charge is -2.28. The maximum Gasteiger partial charge on any atom is 0.244 e. The molecule has 0 radical (unpaired) electrons. The molecule has 28 heavy (non-hydrogen) atoms. The van der Waals surface area contributed by atoms with Crippen LogP contribution in [0.4, 0.5) is 11.4 Å². The second-order valence-electron chi connectivity index (χ2n) is 6.83. The summed E-state index contributed by atoms with van der Waals surface area (Å²) in [6.07, 6.45) is 2.13. The van der Waals surface area contributed by atoms with Crippen LogP contribution >= 0.6 is 0 Å². The summed E-state index contributed by atoms with van der Waals surface area (Å²) in [7, 11) is 0. The highest BCUT2D eigenvalue weighted by Crippen LogP contribution is 2.27. The molecule has 0 aliphatic carbocycles. The molecular formula is C21H20N4O3. The minimum atomic E-state index is -0.250. The van der Waals surface area contributed by atoms with E-state index < -0.39 is 0 Å². The maximum atomic E-state index is 12.5. The molecule has 0 saturated carbocycles. The molecule has 2 aliphatic rings. The van der Waals surface area contributed by atoms with Gasteiger partial charge in [0.15, 0.2) is 0 Å². The fourth-order valence-electron chi connectivity index (χ4n) is 3.44. The van der Waals surface area contributed by atoms with Crippen LogP contribution in [0.5, 0.6) is 0 Å². The van der Waals surface area contributed by atoms with Crippen molar-refractivity contribution in [3.63, 3.8) is 0 Å². The molecule has 0 unspecified atom stereocenters. The summed E-state index contributed by atoms with van der Waals surface area (Å²) < 4.78 is 0. The number of para-hydroxylation sites is 1. The van der Waals surface area contributed by atoms with E-state index in [1.807, 2.05) is 36.4 Å². The van der Waals surface area contributed by atoms with Crippen molar-refractivity contribution in [1.29, 1.82) is 0 Å². The number of nitrogens with zero attached hydrogens (tertiary/aromatic N) is 2. The predicted molar refractivity (Wildman–Crippen MR) is 106 cm³/mol. The Morgan fingerprint density at radius 3 is 2.54 bits per heavy atom. The Bertz CT molecular complexity index is 966. The molecule has 0 saturated heterocycles. The van der Waals surface area contributed by atoms with E-state index in [9.17, 15) is 14.4 Å². The zero-order chi connectivity index (χ0) is 19.5. The Balaban J connectivity index is 1.42. The molecule has 2 aliphatic heterocycles. The lowest BCUT2D eigenvalue weighted by Crippen LogP contribution is -2.40. The minimum Gasteiger partial charge on any atom is -0.325 e. The van der Waals surface area contributed by atoms with Crippen LogP contribution in [0.3, 0.4) is 0 Å². The molecule has 7 heteroatoms. The molecule has 2 aromatic rings. The van der Waals surface area contributed by atoms with Gasteiger partial charge >= 0.3 is 0 Å². The number of benzene rings is 2. The van der Waals surface area contributed by atoms with Crippen LogP contribution in [-0.2, 0) is 20.8 Å². The first-order valence-electron chi connectivity index (χ1n) is 9.24. The fourth-order valence-corrected chi connectivity index (χ4v) is 3.44. The molecule has 4 rings (SSSR count). The number of hydrogen-bond acceptors (Lipinski definition) is 4. The Morgan fingerprint density at radius 1 is 1.00 bits per heavy atom. The molecular weight excluding hydrogens is 356 g/mol. The van der Waals surface area contributed by atoms with E-state index in [-0.39, 0.29) is 24.3 Å². The Hall–Kier alpha value is -3.48. The maximum absolute atomic E-state index is 12.5. The van der Waals surface area contributed by atoms with Crippen LogP contribution in [0.2, 0.25) is 0 Å². The Kier molecular flexibility index (Phi) is 4.89. The third-order valence-electron chi connectivity index (χ3n) is 4.90. The van der Waals surface area contributed by atoms with Crippen LogP contribution < -0.4 is 15.6 Å². The number of carbonyl (C=O) groups is 3. The first-order chi connectivity index (χ1) is 13.6. The summed E-state index contributed by atoms with van der Waals surface area (Å²) in [6.45, 7) is -0.0175. The normalized spacial score (nSPS) is 16.1. The Labute approximate surface area is 162 Å². The van der Waals surface area contributed by atoms with Crippen molar-refractivity contribution in [1.82, 2.24) is 5.43 Å². The average molecular weight is 376 g/mol.